The van der Waals surface area contributed by atoms with Crippen molar-refractivity contribution in [1.29, 1.82) is 0 Å². The van der Waals surface area contributed by atoms with Crippen molar-refractivity contribution in [1.82, 2.24) is 0 Å². The molecule has 316 valence electrons. The normalized spacial score (nSPS) is 14.8. The van der Waals surface area contributed by atoms with Crippen LogP contribution in [0, 0.1) is 0 Å². The molecule has 0 aliphatic heterocycles. The summed E-state index contributed by atoms with van der Waals surface area (Å²) in [6.07, 6.45) is 23.6. The summed E-state index contributed by atoms with van der Waals surface area (Å²) in [5, 5.41) is 61.9. The van der Waals surface area contributed by atoms with Crippen molar-refractivity contribution < 1.29 is 54.0 Å². The predicted octanol–water partition coefficient (Wildman–Crippen LogP) is 4.43. The maximum absolute atomic E-state index is 12.4. The van der Waals surface area contributed by atoms with Gasteiger partial charge in [-0.15, -0.1) is 0 Å². The molecule has 3 unspecified atom stereocenters. The topological polar surface area (TPSA) is 178 Å². The van der Waals surface area contributed by atoms with Gasteiger partial charge in [-0.1, -0.05) is 135 Å². The molecule has 0 aromatic rings. The van der Waals surface area contributed by atoms with Gasteiger partial charge in [0.05, 0.1) is 48.4 Å². The number of carboxylic acids is 2. The van der Waals surface area contributed by atoms with Crippen LogP contribution in [0.15, 0.2) is 0 Å². The van der Waals surface area contributed by atoms with Crippen LogP contribution in [0.5, 0.6) is 0 Å². The number of carboxylic acid groups (broad SMARTS) is 2. The van der Waals surface area contributed by atoms with Gasteiger partial charge in [0.2, 0.25) is 0 Å². The van der Waals surface area contributed by atoms with Crippen molar-refractivity contribution in [2.45, 2.75) is 191 Å². The summed E-state index contributed by atoms with van der Waals surface area (Å²) in [7, 11) is 11.2. The maximum atomic E-state index is 12.4. The lowest BCUT2D eigenvalue weighted by molar-refractivity contribution is -0.877. The number of Topliss-reactive ketones (excluding diaryl/α,β-unsaturated/α-hetero) is 1. The number of rotatable bonds is 35. The zero-order valence-corrected chi connectivity index (χ0v) is 35.3. The van der Waals surface area contributed by atoms with Crippen LogP contribution in [0.25, 0.3) is 0 Å². The van der Waals surface area contributed by atoms with Gasteiger partial charge in [0.1, 0.15) is 18.7 Å². The highest BCUT2D eigenvalue weighted by molar-refractivity contribution is 5.91. The van der Waals surface area contributed by atoms with Gasteiger partial charge in [-0.2, -0.15) is 0 Å². The Kier molecular flexibility index (Phi) is 30.8. The van der Waals surface area contributed by atoms with E-state index in [9.17, 15) is 39.9 Å². The lowest BCUT2D eigenvalue weighted by Crippen LogP contribution is -2.56. The lowest BCUT2D eigenvalue weighted by Gasteiger charge is -2.36. The molecule has 0 radical (unpaired) electrons. The first kappa shape index (κ1) is 53.5. The Morgan fingerprint density at radius 2 is 0.943 bits per heavy atom. The second-order valence-corrected chi connectivity index (χ2v) is 17.9. The summed E-state index contributed by atoms with van der Waals surface area (Å²) in [6, 6.07) is 0. The molecular weight excluding hydrogens is 676 g/mol. The maximum Gasteiger partial charge on any atom is 0.177 e. The molecule has 53 heavy (non-hydrogen) atoms. The molecule has 0 fully saturated rings. The summed E-state index contributed by atoms with van der Waals surface area (Å²) in [4.78, 5) is 34.3. The number of quaternary nitrogens is 2. The monoisotopic (exact) mass is 761 g/mol. The standard InChI is InChI=1S/C21H41NO5.C21H43NO4/c1-5-6-7-8-9-10-11-12-13-14-18(23)15-19(24)21(27,16-20(25)26)17-22(2,3)4;1-22(2,3)19-21(26,18-20(24)25)16-14-12-10-8-6-4-5-7-9-11-13-15-17-23/h18,23,27H,5-17H2,1-4H3;23,26H,4-19H2,1-3H3. The molecular formula is C42H84N2O9. The van der Waals surface area contributed by atoms with Crippen molar-refractivity contribution >= 4 is 17.7 Å². The minimum Gasteiger partial charge on any atom is -0.550 e. The Labute approximate surface area is 324 Å². The zero-order chi connectivity index (χ0) is 40.8. The molecule has 0 aliphatic carbocycles. The van der Waals surface area contributed by atoms with Gasteiger partial charge < -0.3 is 49.2 Å². The number of aliphatic hydroxyl groups is 4. The number of carbonyl (C=O) groups is 3. The second-order valence-electron chi connectivity index (χ2n) is 17.9. The minimum atomic E-state index is -2.00. The molecule has 0 aromatic heterocycles. The number of carbonyl (C=O) groups excluding carboxylic acids is 3. The van der Waals surface area contributed by atoms with Crippen LogP contribution in [-0.2, 0) is 14.4 Å². The Morgan fingerprint density at radius 3 is 1.32 bits per heavy atom. The fraction of sp³-hybridized carbons (Fsp3) is 0.929. The van der Waals surface area contributed by atoms with Crippen LogP contribution in [0.2, 0.25) is 0 Å². The van der Waals surface area contributed by atoms with Crippen LogP contribution >= 0.6 is 0 Å². The summed E-state index contributed by atoms with van der Waals surface area (Å²) in [5.74, 6) is -3.26. The van der Waals surface area contributed by atoms with Crippen molar-refractivity contribution in [3.63, 3.8) is 0 Å². The Bertz CT molecular complexity index is 935. The molecule has 11 heteroatoms. The van der Waals surface area contributed by atoms with Gasteiger partial charge in [-0.05, 0) is 19.3 Å². The van der Waals surface area contributed by atoms with E-state index in [-0.39, 0.29) is 23.9 Å². The van der Waals surface area contributed by atoms with Gasteiger partial charge in [-0.3, -0.25) is 4.79 Å². The highest BCUT2D eigenvalue weighted by Gasteiger charge is 2.41. The zero-order valence-electron chi connectivity index (χ0n) is 35.3. The quantitative estimate of drug-likeness (QED) is 0.0538. The Hall–Kier alpha value is -1.63. The highest BCUT2D eigenvalue weighted by atomic mass is 16.4. The fourth-order valence-corrected chi connectivity index (χ4v) is 7.17. The average molecular weight is 761 g/mol. The molecule has 11 nitrogen and oxygen atoms in total. The van der Waals surface area contributed by atoms with Crippen LogP contribution in [-0.4, -0.2) is 126 Å². The predicted molar refractivity (Wildman–Crippen MR) is 210 cm³/mol. The summed E-state index contributed by atoms with van der Waals surface area (Å²) in [5.41, 5.74) is -3.16. The largest absolute Gasteiger partial charge is 0.550 e. The first-order chi connectivity index (χ1) is 24.7. The Morgan fingerprint density at radius 1 is 0.566 bits per heavy atom. The number of hydrogen-bond donors (Lipinski definition) is 4. The molecule has 0 rings (SSSR count). The molecule has 3 atom stereocenters. The van der Waals surface area contributed by atoms with Gasteiger partial charge in [0, 0.05) is 37.8 Å². The van der Waals surface area contributed by atoms with Gasteiger partial charge in [0.15, 0.2) is 11.4 Å². The van der Waals surface area contributed by atoms with E-state index in [1.54, 1.807) is 21.1 Å². The highest BCUT2D eigenvalue weighted by Crippen LogP contribution is 2.23. The average Bonchev–Trinajstić information content (AvgIpc) is 3.00. The van der Waals surface area contributed by atoms with E-state index in [0.717, 1.165) is 51.4 Å². The lowest BCUT2D eigenvalue weighted by atomic mass is 9.88. The second kappa shape index (κ2) is 30.6. The van der Waals surface area contributed by atoms with Crippen molar-refractivity contribution in [2.24, 2.45) is 0 Å². The molecule has 0 spiro atoms. The SMILES string of the molecule is CCCCCCCCCCCC(O)CC(=O)C(O)(CC(=O)[O-])C[N+](C)(C)C.C[N+](C)(C)CC(O)(CCCCCCCCCCCCCCO)CC(=O)[O-]. The summed E-state index contributed by atoms with van der Waals surface area (Å²) in [6.45, 7) is 2.92. The third-order valence-electron chi connectivity index (χ3n) is 9.55. The summed E-state index contributed by atoms with van der Waals surface area (Å²) >= 11 is 0. The molecule has 0 heterocycles. The number of nitrogens with zero attached hydrogens (tertiary/aromatic N) is 2. The first-order valence-corrected chi connectivity index (χ1v) is 21.0. The third-order valence-corrected chi connectivity index (χ3v) is 9.55. The van der Waals surface area contributed by atoms with Gasteiger partial charge in [0.25, 0.3) is 0 Å². The molecule has 0 amide bonds. The van der Waals surface area contributed by atoms with E-state index in [1.807, 2.05) is 21.1 Å². The van der Waals surface area contributed by atoms with Gasteiger partial charge >= 0.3 is 0 Å². The number of likely N-dealkylation sites (N-methyl/N-ethyl adjacent to an activating group) is 2. The van der Waals surface area contributed by atoms with Crippen LogP contribution in [0.4, 0.5) is 0 Å². The van der Waals surface area contributed by atoms with Crippen LogP contribution < -0.4 is 10.2 Å². The molecule has 0 saturated carbocycles. The smallest absolute Gasteiger partial charge is 0.177 e. The number of aliphatic hydroxyl groups excluding tert-OH is 2. The van der Waals surface area contributed by atoms with E-state index in [2.05, 4.69) is 6.92 Å². The number of ketones is 1. The van der Waals surface area contributed by atoms with E-state index >= 15 is 0 Å². The van der Waals surface area contributed by atoms with Crippen molar-refractivity contribution in [3.05, 3.63) is 0 Å². The van der Waals surface area contributed by atoms with E-state index in [0.29, 0.717) is 30.5 Å². The molecule has 4 N–H and O–H groups in total. The van der Waals surface area contributed by atoms with Crippen LogP contribution in [0.3, 0.4) is 0 Å². The van der Waals surface area contributed by atoms with Crippen molar-refractivity contribution in [2.75, 3.05) is 62.0 Å². The molecule has 0 saturated heterocycles. The van der Waals surface area contributed by atoms with Gasteiger partial charge in [-0.25, -0.2) is 0 Å². The molecule has 0 aromatic carbocycles. The minimum absolute atomic E-state index is 0.0371. The fourth-order valence-electron chi connectivity index (χ4n) is 7.17. The Balaban J connectivity index is 0. The number of hydrogen-bond acceptors (Lipinski definition) is 9. The van der Waals surface area contributed by atoms with E-state index < -0.39 is 41.4 Å². The van der Waals surface area contributed by atoms with Crippen molar-refractivity contribution in [3.8, 4) is 0 Å². The number of unbranched alkanes of at least 4 members (excludes halogenated alkanes) is 19. The molecule has 0 aliphatic rings. The first-order valence-electron chi connectivity index (χ1n) is 21.0. The van der Waals surface area contributed by atoms with Crippen LogP contribution in [0.1, 0.15) is 174 Å². The number of aliphatic carboxylic acids is 2. The van der Waals surface area contributed by atoms with E-state index in [1.165, 1.54) is 83.5 Å². The summed E-state index contributed by atoms with van der Waals surface area (Å²) < 4.78 is 0.785. The molecule has 0 bridgehead atoms. The van der Waals surface area contributed by atoms with E-state index in [4.69, 9.17) is 5.11 Å². The third kappa shape index (κ3) is 35.8.